The first kappa shape index (κ1) is 27.3. The van der Waals surface area contributed by atoms with E-state index in [-0.39, 0.29) is 18.0 Å². The molecule has 0 radical (unpaired) electrons. The molecule has 2 aromatic carbocycles. The van der Waals surface area contributed by atoms with Crippen LogP contribution in [-0.4, -0.2) is 62.6 Å². The van der Waals surface area contributed by atoms with Crippen LogP contribution >= 0.6 is 11.3 Å². The normalized spacial score (nSPS) is 15.3. The number of likely N-dealkylation sites (N-methyl/N-ethyl adjacent to an activating group) is 1. The summed E-state index contributed by atoms with van der Waals surface area (Å²) in [5.74, 6) is 0.120. The fourth-order valence-electron chi connectivity index (χ4n) is 5.06. The summed E-state index contributed by atoms with van der Waals surface area (Å²) < 4.78 is 4.96. The van der Waals surface area contributed by atoms with Crippen LogP contribution in [0.2, 0.25) is 0 Å². The molecular weight excluding hydrogens is 524 g/mol. The number of amides is 1. The molecule has 2 aromatic heterocycles. The summed E-state index contributed by atoms with van der Waals surface area (Å²) >= 11 is 1.46. The van der Waals surface area contributed by atoms with Gasteiger partial charge in [0.25, 0.3) is 0 Å². The highest BCUT2D eigenvalue weighted by Gasteiger charge is 2.33. The van der Waals surface area contributed by atoms with Crippen LogP contribution in [0.4, 0.5) is 0 Å². The van der Waals surface area contributed by atoms with E-state index in [1.54, 1.807) is 12.1 Å². The van der Waals surface area contributed by atoms with E-state index in [0.29, 0.717) is 24.4 Å². The van der Waals surface area contributed by atoms with E-state index in [9.17, 15) is 9.59 Å². The van der Waals surface area contributed by atoms with Crippen LogP contribution in [-0.2, 0) is 22.5 Å². The zero-order valence-corrected chi connectivity index (χ0v) is 23.6. The number of carbonyl (C=O) groups is 2. The molecule has 1 unspecified atom stereocenters. The lowest BCUT2D eigenvalue weighted by Gasteiger charge is -2.43. The minimum atomic E-state index is -0.388. The summed E-state index contributed by atoms with van der Waals surface area (Å²) in [6.45, 7) is 2.49. The Bertz CT molecular complexity index is 1500. The molecular formula is C30H32N6O3S. The average Bonchev–Trinajstić information content (AvgIpc) is 3.69. The number of nitrogens with one attached hydrogen (secondary N) is 1. The van der Waals surface area contributed by atoms with Crippen LogP contribution in [0.1, 0.15) is 47.0 Å². The number of ether oxygens (including phenoxy) is 1. The first-order chi connectivity index (χ1) is 19.5. The Morgan fingerprint density at radius 1 is 1.10 bits per heavy atom. The Balaban J connectivity index is 1.43. The number of hydrogen-bond acceptors (Lipinski definition) is 8. The number of rotatable bonds is 10. The molecule has 10 heteroatoms. The second-order valence-corrected chi connectivity index (χ2v) is 10.7. The van der Waals surface area contributed by atoms with Crippen molar-refractivity contribution in [1.82, 2.24) is 30.4 Å². The lowest BCUT2D eigenvalue weighted by molar-refractivity contribution is -0.134. The van der Waals surface area contributed by atoms with E-state index in [2.05, 4.69) is 63.8 Å². The Morgan fingerprint density at radius 2 is 1.88 bits per heavy atom. The van der Waals surface area contributed by atoms with Crippen LogP contribution in [0.3, 0.4) is 0 Å². The van der Waals surface area contributed by atoms with Crippen molar-refractivity contribution in [3.8, 4) is 22.5 Å². The third kappa shape index (κ3) is 5.67. The van der Waals surface area contributed by atoms with E-state index >= 15 is 0 Å². The van der Waals surface area contributed by atoms with E-state index in [0.717, 1.165) is 52.1 Å². The predicted molar refractivity (Wildman–Crippen MR) is 154 cm³/mol. The standard InChI is InChI=1S/C30H32N6O3S/c1-4-5-8-22-18-28(37)36(19-26-25(15-16-40-26)30(38)39-3)27(35(22)2)17-20-11-13-21(14-12-20)23-9-6-7-10-24(23)29-31-33-34-32-29/h6-7,9-16,18,27H,4-5,8,17,19H2,1-3H3,(H,31,32,33,34). The number of H-pyrrole nitrogens is 1. The van der Waals surface area contributed by atoms with Gasteiger partial charge in [-0.1, -0.05) is 61.9 Å². The number of unbranched alkanes of at least 4 members (excludes halogenated alkanes) is 1. The van der Waals surface area contributed by atoms with Gasteiger partial charge in [-0.25, -0.2) is 4.79 Å². The van der Waals surface area contributed by atoms with Crippen molar-refractivity contribution in [2.24, 2.45) is 0 Å². The molecule has 5 rings (SSSR count). The number of methoxy groups -OCH3 is 1. The summed E-state index contributed by atoms with van der Waals surface area (Å²) in [6, 6.07) is 18.1. The van der Waals surface area contributed by atoms with Gasteiger partial charge in [0.1, 0.15) is 6.17 Å². The second kappa shape index (κ2) is 12.3. The van der Waals surface area contributed by atoms with Crippen LogP contribution in [0, 0.1) is 0 Å². The zero-order chi connectivity index (χ0) is 28.1. The van der Waals surface area contributed by atoms with Crippen molar-refractivity contribution in [2.45, 2.75) is 45.3 Å². The van der Waals surface area contributed by atoms with Crippen molar-refractivity contribution in [1.29, 1.82) is 0 Å². The first-order valence-electron chi connectivity index (χ1n) is 13.3. The smallest absolute Gasteiger partial charge is 0.339 e. The maximum atomic E-state index is 13.5. The van der Waals surface area contributed by atoms with Crippen LogP contribution in [0.5, 0.6) is 0 Å². The SMILES string of the molecule is CCCCC1=CC(=O)N(Cc2sccc2C(=O)OC)C(Cc2ccc(-c3ccccc3-c3nn[nH]n3)cc2)N1C. The van der Waals surface area contributed by atoms with Crippen LogP contribution in [0.15, 0.2) is 71.8 Å². The Kier molecular flexibility index (Phi) is 8.35. The molecule has 0 spiro atoms. The molecule has 0 saturated heterocycles. The van der Waals surface area contributed by atoms with Gasteiger partial charge < -0.3 is 14.5 Å². The van der Waals surface area contributed by atoms with E-state index in [1.165, 1.54) is 18.4 Å². The number of benzene rings is 2. The lowest BCUT2D eigenvalue weighted by atomic mass is 9.97. The van der Waals surface area contributed by atoms with Gasteiger partial charge in [0.15, 0.2) is 0 Å². The molecule has 4 aromatic rings. The number of nitrogens with zero attached hydrogens (tertiary/aromatic N) is 5. The molecule has 1 N–H and O–H groups in total. The molecule has 0 aliphatic carbocycles. The van der Waals surface area contributed by atoms with Gasteiger partial charge in [0, 0.05) is 35.7 Å². The number of carbonyl (C=O) groups excluding carboxylic acids is 2. The quantitative estimate of drug-likeness (QED) is 0.264. The Hall–Kier alpha value is -4.31. The Labute approximate surface area is 237 Å². The molecule has 0 fully saturated rings. The third-order valence-electron chi connectivity index (χ3n) is 7.28. The molecule has 0 saturated carbocycles. The van der Waals surface area contributed by atoms with Gasteiger partial charge in [0.05, 0.1) is 19.2 Å². The van der Waals surface area contributed by atoms with Gasteiger partial charge in [-0.05, 0) is 46.2 Å². The fraction of sp³-hybridized carbons (Fsp3) is 0.300. The highest BCUT2D eigenvalue weighted by atomic mass is 32.1. The van der Waals surface area contributed by atoms with Crippen molar-refractivity contribution in [2.75, 3.05) is 14.2 Å². The Morgan fingerprint density at radius 3 is 2.58 bits per heavy atom. The van der Waals surface area contributed by atoms with E-state index in [1.807, 2.05) is 34.5 Å². The van der Waals surface area contributed by atoms with E-state index < -0.39 is 0 Å². The van der Waals surface area contributed by atoms with E-state index in [4.69, 9.17) is 4.74 Å². The minimum Gasteiger partial charge on any atom is -0.465 e. The number of esters is 1. The molecule has 206 valence electrons. The molecule has 9 nitrogen and oxygen atoms in total. The maximum Gasteiger partial charge on any atom is 0.339 e. The number of allylic oxidation sites excluding steroid dienone is 1. The number of aromatic nitrogens is 4. The molecule has 1 atom stereocenters. The third-order valence-corrected chi connectivity index (χ3v) is 8.19. The van der Waals surface area contributed by atoms with Gasteiger partial charge >= 0.3 is 5.97 Å². The largest absolute Gasteiger partial charge is 0.465 e. The summed E-state index contributed by atoms with van der Waals surface area (Å²) in [5, 5.41) is 16.4. The fourth-order valence-corrected chi connectivity index (χ4v) is 5.92. The first-order valence-corrected chi connectivity index (χ1v) is 14.2. The highest BCUT2D eigenvalue weighted by Crippen LogP contribution is 2.32. The number of aromatic amines is 1. The van der Waals surface area contributed by atoms with Gasteiger partial charge in [-0.15, -0.1) is 21.5 Å². The lowest BCUT2D eigenvalue weighted by Crippen LogP contribution is -2.52. The monoisotopic (exact) mass is 556 g/mol. The molecule has 40 heavy (non-hydrogen) atoms. The maximum absolute atomic E-state index is 13.5. The van der Waals surface area contributed by atoms with Gasteiger partial charge in [-0.2, -0.15) is 5.21 Å². The highest BCUT2D eigenvalue weighted by molar-refractivity contribution is 7.10. The molecule has 1 aliphatic rings. The van der Waals surface area contributed by atoms with Crippen molar-refractivity contribution >= 4 is 23.2 Å². The summed E-state index contributed by atoms with van der Waals surface area (Å²) in [4.78, 5) is 30.7. The van der Waals surface area contributed by atoms with Crippen molar-refractivity contribution < 1.29 is 14.3 Å². The molecule has 1 amide bonds. The minimum absolute atomic E-state index is 0.0379. The average molecular weight is 557 g/mol. The molecule has 1 aliphatic heterocycles. The topological polar surface area (TPSA) is 104 Å². The molecule has 0 bridgehead atoms. The number of tetrazole rings is 1. The second-order valence-electron chi connectivity index (χ2n) is 9.73. The van der Waals surface area contributed by atoms with Gasteiger partial charge in [0.2, 0.25) is 11.7 Å². The summed E-state index contributed by atoms with van der Waals surface area (Å²) in [7, 11) is 3.43. The van der Waals surface area contributed by atoms with Crippen molar-refractivity contribution in [3.05, 3.63) is 87.8 Å². The summed E-state index contributed by atoms with van der Waals surface area (Å²) in [6.07, 6.45) is 5.10. The molecule has 3 heterocycles. The number of hydrogen-bond donors (Lipinski definition) is 1. The van der Waals surface area contributed by atoms with Crippen LogP contribution < -0.4 is 0 Å². The van der Waals surface area contributed by atoms with Gasteiger partial charge in [-0.3, -0.25) is 4.79 Å². The predicted octanol–water partition coefficient (Wildman–Crippen LogP) is 5.30. The van der Waals surface area contributed by atoms with Crippen molar-refractivity contribution in [3.63, 3.8) is 0 Å². The number of thiophene rings is 1. The zero-order valence-electron chi connectivity index (χ0n) is 22.8. The van der Waals surface area contributed by atoms with Crippen LogP contribution in [0.25, 0.3) is 22.5 Å². The summed E-state index contributed by atoms with van der Waals surface area (Å²) in [5.41, 5.74) is 5.60.